The van der Waals surface area contributed by atoms with E-state index >= 15 is 0 Å². The molecule has 0 aromatic heterocycles. The number of carbonyl (C=O) groups is 2. The Balaban J connectivity index is 2.50. The molecule has 1 aliphatic rings. The first-order chi connectivity index (χ1) is 17.2. The zero-order valence-electron chi connectivity index (χ0n) is 19.5. The van der Waals surface area contributed by atoms with E-state index in [2.05, 4.69) is 15.9 Å². The SMILES string of the molecule is CCOc1cc(N2C(N)=C(C#N)C(c3ccccc3)C(C(=O)OC)=C2C(=O)OC)c([N+](=O)[O-])cc1Br. The van der Waals surface area contributed by atoms with Gasteiger partial charge in [-0.05, 0) is 28.4 Å². The maximum atomic E-state index is 13.2. The first kappa shape index (κ1) is 26.2. The van der Waals surface area contributed by atoms with Crippen molar-refractivity contribution in [3.05, 3.63) is 85.3 Å². The van der Waals surface area contributed by atoms with Gasteiger partial charge in [0.2, 0.25) is 0 Å². The predicted octanol–water partition coefficient (Wildman–Crippen LogP) is 3.65. The number of carbonyl (C=O) groups excluding carboxylic acids is 2. The van der Waals surface area contributed by atoms with E-state index < -0.39 is 34.2 Å². The molecule has 2 N–H and O–H groups in total. The van der Waals surface area contributed by atoms with Gasteiger partial charge in [0.05, 0.1) is 53.4 Å². The molecule has 2 aromatic rings. The minimum absolute atomic E-state index is 0.121. The lowest BCUT2D eigenvalue weighted by molar-refractivity contribution is -0.384. The van der Waals surface area contributed by atoms with Crippen LogP contribution >= 0.6 is 15.9 Å². The van der Waals surface area contributed by atoms with E-state index in [4.69, 9.17) is 19.9 Å². The van der Waals surface area contributed by atoms with Gasteiger partial charge in [0.25, 0.3) is 5.69 Å². The van der Waals surface area contributed by atoms with Crippen molar-refractivity contribution in [2.75, 3.05) is 25.7 Å². The number of methoxy groups -OCH3 is 2. The molecule has 1 unspecified atom stereocenters. The Morgan fingerprint density at radius 3 is 2.36 bits per heavy atom. The van der Waals surface area contributed by atoms with Crippen LogP contribution in [-0.2, 0) is 19.1 Å². The number of halogens is 1. The number of esters is 2. The lowest BCUT2D eigenvalue weighted by Gasteiger charge is -2.35. The van der Waals surface area contributed by atoms with Crippen LogP contribution in [0.15, 0.2) is 69.6 Å². The molecule has 0 saturated heterocycles. The van der Waals surface area contributed by atoms with Crippen LogP contribution < -0.4 is 15.4 Å². The minimum Gasteiger partial charge on any atom is -0.493 e. The van der Waals surface area contributed by atoms with Crippen LogP contribution in [-0.4, -0.2) is 37.7 Å². The molecule has 1 atom stereocenters. The predicted molar refractivity (Wildman–Crippen MR) is 132 cm³/mol. The van der Waals surface area contributed by atoms with Gasteiger partial charge >= 0.3 is 11.9 Å². The summed E-state index contributed by atoms with van der Waals surface area (Å²) in [5.41, 5.74) is 5.39. The van der Waals surface area contributed by atoms with Gasteiger partial charge in [-0.15, -0.1) is 0 Å². The highest BCUT2D eigenvalue weighted by Crippen LogP contribution is 2.47. The summed E-state index contributed by atoms with van der Waals surface area (Å²) in [5.74, 6) is -3.16. The zero-order chi connectivity index (χ0) is 26.6. The van der Waals surface area contributed by atoms with Crippen molar-refractivity contribution in [2.45, 2.75) is 12.8 Å². The van der Waals surface area contributed by atoms with Crippen molar-refractivity contribution in [3.8, 4) is 11.8 Å². The van der Waals surface area contributed by atoms with E-state index in [-0.39, 0.29) is 39.5 Å². The molecular weight excluding hydrogens is 536 g/mol. The number of allylic oxidation sites excluding steroid dienone is 1. The fourth-order valence-electron chi connectivity index (χ4n) is 3.89. The van der Waals surface area contributed by atoms with Crippen LogP contribution in [0.5, 0.6) is 5.75 Å². The summed E-state index contributed by atoms with van der Waals surface area (Å²) < 4.78 is 15.8. The third kappa shape index (κ3) is 4.60. The van der Waals surface area contributed by atoms with Gasteiger partial charge in [0.1, 0.15) is 23.0 Å². The summed E-state index contributed by atoms with van der Waals surface area (Å²) in [6, 6.07) is 12.9. The summed E-state index contributed by atoms with van der Waals surface area (Å²) >= 11 is 3.24. The number of nitriles is 1. The smallest absolute Gasteiger partial charge is 0.355 e. The highest BCUT2D eigenvalue weighted by molar-refractivity contribution is 9.10. The van der Waals surface area contributed by atoms with Crippen molar-refractivity contribution in [1.82, 2.24) is 0 Å². The van der Waals surface area contributed by atoms with Crippen LogP contribution in [0.4, 0.5) is 11.4 Å². The number of benzene rings is 2. The van der Waals surface area contributed by atoms with Crippen LogP contribution in [0, 0.1) is 21.4 Å². The third-order valence-electron chi connectivity index (χ3n) is 5.38. The molecular formula is C24H21BrN4O7. The average Bonchev–Trinajstić information content (AvgIpc) is 2.88. The van der Waals surface area contributed by atoms with Gasteiger partial charge in [0, 0.05) is 12.1 Å². The van der Waals surface area contributed by atoms with Gasteiger partial charge in [-0.3, -0.25) is 15.0 Å². The van der Waals surface area contributed by atoms with Crippen molar-refractivity contribution >= 4 is 39.2 Å². The Morgan fingerprint density at radius 2 is 1.83 bits per heavy atom. The summed E-state index contributed by atoms with van der Waals surface area (Å²) in [7, 11) is 2.20. The number of rotatable bonds is 7. The fraction of sp³-hybridized carbons (Fsp3) is 0.208. The Kier molecular flexibility index (Phi) is 7.96. The molecule has 0 bridgehead atoms. The Morgan fingerprint density at radius 1 is 1.19 bits per heavy atom. The molecule has 0 radical (unpaired) electrons. The molecule has 1 heterocycles. The van der Waals surface area contributed by atoms with Crippen molar-refractivity contribution in [2.24, 2.45) is 5.73 Å². The monoisotopic (exact) mass is 556 g/mol. The van der Waals surface area contributed by atoms with E-state index in [0.29, 0.717) is 5.56 Å². The maximum Gasteiger partial charge on any atom is 0.355 e. The molecule has 0 amide bonds. The number of nitro benzene ring substituents is 1. The average molecular weight is 557 g/mol. The zero-order valence-corrected chi connectivity index (χ0v) is 21.1. The molecule has 12 heteroatoms. The van der Waals surface area contributed by atoms with Gasteiger partial charge in [-0.2, -0.15) is 5.26 Å². The second-order valence-corrected chi connectivity index (χ2v) is 8.15. The molecule has 36 heavy (non-hydrogen) atoms. The second-order valence-electron chi connectivity index (χ2n) is 7.30. The topological polar surface area (TPSA) is 158 Å². The molecule has 0 fully saturated rings. The summed E-state index contributed by atoms with van der Waals surface area (Å²) in [6.45, 7) is 1.95. The van der Waals surface area contributed by atoms with Gasteiger partial charge in [-0.1, -0.05) is 30.3 Å². The van der Waals surface area contributed by atoms with Crippen molar-refractivity contribution in [3.63, 3.8) is 0 Å². The molecule has 11 nitrogen and oxygen atoms in total. The second kappa shape index (κ2) is 10.9. The van der Waals surface area contributed by atoms with Gasteiger partial charge in [-0.25, -0.2) is 9.59 Å². The van der Waals surface area contributed by atoms with E-state index in [1.165, 1.54) is 12.1 Å². The van der Waals surface area contributed by atoms with Crippen molar-refractivity contribution in [1.29, 1.82) is 5.26 Å². The minimum atomic E-state index is -1.10. The summed E-state index contributed by atoms with van der Waals surface area (Å²) in [5, 5.41) is 22.1. The number of hydrogen-bond donors (Lipinski definition) is 1. The van der Waals surface area contributed by atoms with Gasteiger partial charge < -0.3 is 19.9 Å². The first-order valence-electron chi connectivity index (χ1n) is 10.5. The molecule has 0 spiro atoms. The maximum absolute atomic E-state index is 13.2. The fourth-order valence-corrected chi connectivity index (χ4v) is 4.33. The normalized spacial score (nSPS) is 15.3. The third-order valence-corrected chi connectivity index (χ3v) is 6.00. The van der Waals surface area contributed by atoms with E-state index in [0.717, 1.165) is 19.1 Å². The molecule has 2 aromatic carbocycles. The Hall–Kier alpha value is -4.37. The lowest BCUT2D eigenvalue weighted by Crippen LogP contribution is -2.41. The standard InChI is InChI=1S/C24H21BrN4O7/c1-4-36-18-11-16(17(29(32)33)10-15(18)25)28-21(24(31)35-3)20(23(30)34-2)19(14(12-26)22(28)27)13-8-6-5-7-9-13/h5-11,19H,4,27H2,1-3H3. The van der Waals surface area contributed by atoms with E-state index in [1.807, 2.05) is 6.07 Å². The molecule has 0 aliphatic carbocycles. The number of hydrogen-bond acceptors (Lipinski definition) is 10. The largest absolute Gasteiger partial charge is 0.493 e. The Labute approximate surface area is 214 Å². The highest BCUT2D eigenvalue weighted by Gasteiger charge is 2.44. The van der Waals surface area contributed by atoms with Crippen LogP contribution in [0.1, 0.15) is 18.4 Å². The van der Waals surface area contributed by atoms with E-state index in [9.17, 15) is 25.0 Å². The number of ether oxygens (including phenoxy) is 3. The molecule has 1 aliphatic heterocycles. The number of nitrogens with zero attached hydrogens (tertiary/aromatic N) is 3. The van der Waals surface area contributed by atoms with Crippen LogP contribution in [0.3, 0.4) is 0 Å². The first-order valence-corrected chi connectivity index (χ1v) is 11.3. The van der Waals surface area contributed by atoms with Crippen LogP contribution in [0.2, 0.25) is 0 Å². The quantitative estimate of drug-likeness (QED) is 0.303. The number of nitro groups is 1. The highest BCUT2D eigenvalue weighted by atomic mass is 79.9. The summed E-state index contributed by atoms with van der Waals surface area (Å²) in [6.07, 6.45) is 0. The molecule has 3 rings (SSSR count). The number of nitrogens with two attached hydrogens (primary N) is 1. The number of anilines is 1. The molecule has 0 saturated carbocycles. The molecule has 186 valence electrons. The van der Waals surface area contributed by atoms with E-state index in [1.54, 1.807) is 37.3 Å². The van der Waals surface area contributed by atoms with Gasteiger partial charge in [0.15, 0.2) is 0 Å². The summed E-state index contributed by atoms with van der Waals surface area (Å²) in [4.78, 5) is 38.6. The lowest BCUT2D eigenvalue weighted by atomic mass is 9.81. The Bertz CT molecular complexity index is 1330. The van der Waals surface area contributed by atoms with Crippen molar-refractivity contribution < 1.29 is 28.7 Å². The van der Waals surface area contributed by atoms with Crippen LogP contribution in [0.25, 0.3) is 0 Å².